The second kappa shape index (κ2) is 5.73. The molecule has 0 amide bonds. The molecule has 0 spiro atoms. The van der Waals surface area contributed by atoms with Crippen LogP contribution in [0.5, 0.6) is 0 Å². The number of fused-ring (bicyclic) bond motifs is 3. The quantitative estimate of drug-likeness (QED) is 0.496. The summed E-state index contributed by atoms with van der Waals surface area (Å²) in [5.41, 5.74) is 5.78. The van der Waals surface area contributed by atoms with Crippen LogP contribution in [0, 0.1) is 6.92 Å². The van der Waals surface area contributed by atoms with Gasteiger partial charge in [0.05, 0.1) is 16.1 Å². The van der Waals surface area contributed by atoms with Crippen LogP contribution in [0.3, 0.4) is 0 Å². The molecule has 0 fully saturated rings. The van der Waals surface area contributed by atoms with Crippen LogP contribution in [0.2, 0.25) is 5.02 Å². The summed E-state index contributed by atoms with van der Waals surface area (Å²) < 4.78 is 1.07. The van der Waals surface area contributed by atoms with Crippen LogP contribution < -0.4 is 9.99 Å². The summed E-state index contributed by atoms with van der Waals surface area (Å²) in [6, 6.07) is 14.3. The molecule has 3 aromatic rings. The predicted octanol–water partition coefficient (Wildman–Crippen LogP) is 6.33. The molecule has 0 bridgehead atoms. The highest BCUT2D eigenvalue weighted by Gasteiger charge is 2.33. The van der Waals surface area contributed by atoms with Crippen molar-refractivity contribution in [1.29, 1.82) is 0 Å². The first-order valence-corrected chi connectivity index (χ1v) is 10.3. The second-order valence-electron chi connectivity index (χ2n) is 6.56. The minimum atomic E-state index is -0.0922. The third-order valence-electron chi connectivity index (χ3n) is 4.16. The van der Waals surface area contributed by atoms with Gasteiger partial charge in [0.1, 0.15) is 4.67 Å². The van der Waals surface area contributed by atoms with Crippen molar-refractivity contribution in [2.24, 2.45) is 4.99 Å². The van der Waals surface area contributed by atoms with Crippen molar-refractivity contribution in [3.8, 4) is 11.1 Å². The summed E-state index contributed by atoms with van der Waals surface area (Å²) in [7, 11) is 3.54. The number of halogens is 1. The lowest BCUT2D eigenvalue weighted by molar-refractivity contribution is 0.619. The average molecular weight is 373 g/mol. The SMILES string of the molecule is Cc1ccc2c(c1)NC(C)(C)c1ssc(=Nc3ccc(Cl)cc3)c1-2. The Bertz CT molecular complexity index is 981. The average Bonchev–Trinajstić information content (AvgIpc) is 2.94. The molecule has 2 heterocycles. The molecule has 5 heteroatoms. The zero-order chi connectivity index (χ0) is 16.9. The van der Waals surface area contributed by atoms with Crippen molar-refractivity contribution in [3.63, 3.8) is 0 Å². The van der Waals surface area contributed by atoms with E-state index in [1.807, 2.05) is 34.6 Å². The molecule has 1 aromatic heterocycles. The fraction of sp³-hybridized carbons (Fsp3) is 0.211. The van der Waals surface area contributed by atoms with Crippen molar-refractivity contribution in [1.82, 2.24) is 0 Å². The molecule has 2 aromatic carbocycles. The largest absolute Gasteiger partial charge is 0.375 e. The standard InChI is InChI=1S/C19H17ClN2S2/c1-11-4-9-14-15(10-11)22-19(2,3)17-16(14)18(24-23-17)21-13-7-5-12(20)6-8-13/h4-10,22H,1-3H3. The van der Waals surface area contributed by atoms with Gasteiger partial charge in [0.25, 0.3) is 0 Å². The van der Waals surface area contributed by atoms with E-state index in [1.165, 1.54) is 27.3 Å². The highest BCUT2D eigenvalue weighted by atomic mass is 35.5. The number of hydrogen-bond donors (Lipinski definition) is 1. The molecule has 0 saturated carbocycles. The lowest BCUT2D eigenvalue weighted by Gasteiger charge is -2.33. The van der Waals surface area contributed by atoms with Crippen molar-refractivity contribution in [2.75, 3.05) is 5.32 Å². The Kier molecular flexibility index (Phi) is 3.79. The summed E-state index contributed by atoms with van der Waals surface area (Å²) in [4.78, 5) is 6.23. The molecule has 1 aliphatic heterocycles. The zero-order valence-corrected chi connectivity index (χ0v) is 16.1. The van der Waals surface area contributed by atoms with E-state index >= 15 is 0 Å². The third-order valence-corrected chi connectivity index (χ3v) is 7.05. The summed E-state index contributed by atoms with van der Waals surface area (Å²) in [6.07, 6.45) is 0. The van der Waals surface area contributed by atoms with Crippen molar-refractivity contribution >= 4 is 43.7 Å². The molecular formula is C19H17ClN2S2. The second-order valence-corrected chi connectivity index (χ2v) is 9.13. The zero-order valence-electron chi connectivity index (χ0n) is 13.7. The predicted molar refractivity (Wildman–Crippen MR) is 106 cm³/mol. The smallest absolute Gasteiger partial charge is 0.135 e. The highest BCUT2D eigenvalue weighted by molar-refractivity contribution is 7.68. The Morgan fingerprint density at radius 3 is 2.54 bits per heavy atom. The van der Waals surface area contributed by atoms with Crippen molar-refractivity contribution in [2.45, 2.75) is 26.3 Å². The summed E-state index contributed by atoms with van der Waals surface area (Å²) in [5, 5.41) is 4.41. The number of benzene rings is 2. The maximum absolute atomic E-state index is 5.98. The van der Waals surface area contributed by atoms with E-state index in [1.54, 1.807) is 10.3 Å². The molecule has 0 saturated heterocycles. The Morgan fingerprint density at radius 2 is 1.79 bits per heavy atom. The molecule has 1 aliphatic rings. The van der Waals surface area contributed by atoms with Gasteiger partial charge < -0.3 is 5.32 Å². The molecular weight excluding hydrogens is 356 g/mol. The number of anilines is 1. The van der Waals surface area contributed by atoms with Gasteiger partial charge in [-0.05, 0) is 56.7 Å². The van der Waals surface area contributed by atoms with Crippen LogP contribution in [0.15, 0.2) is 47.5 Å². The van der Waals surface area contributed by atoms with E-state index < -0.39 is 0 Å². The molecule has 0 aliphatic carbocycles. The first-order valence-electron chi connectivity index (χ1n) is 7.77. The van der Waals surface area contributed by atoms with Crippen LogP contribution >= 0.6 is 32.3 Å². The van der Waals surface area contributed by atoms with Crippen LogP contribution in [0.25, 0.3) is 11.1 Å². The van der Waals surface area contributed by atoms with Gasteiger partial charge in [-0.2, -0.15) is 0 Å². The molecule has 1 N–H and O–H groups in total. The van der Waals surface area contributed by atoms with Crippen LogP contribution in [-0.2, 0) is 5.54 Å². The number of rotatable bonds is 1. The summed E-state index contributed by atoms with van der Waals surface area (Å²) >= 11 is 5.98. The molecule has 0 atom stereocenters. The Hall–Kier alpha value is -1.62. The first-order chi connectivity index (χ1) is 11.4. The number of nitrogens with one attached hydrogen (secondary N) is 1. The van der Waals surface area contributed by atoms with E-state index in [-0.39, 0.29) is 5.54 Å². The summed E-state index contributed by atoms with van der Waals surface area (Å²) in [5.74, 6) is 0. The van der Waals surface area contributed by atoms with E-state index in [2.05, 4.69) is 44.3 Å². The molecule has 4 rings (SSSR count). The minimum absolute atomic E-state index is 0.0922. The molecule has 122 valence electrons. The lowest BCUT2D eigenvalue weighted by Crippen LogP contribution is -2.31. The van der Waals surface area contributed by atoms with Gasteiger partial charge in [-0.1, -0.05) is 44.4 Å². The maximum atomic E-state index is 5.98. The Morgan fingerprint density at radius 1 is 1.04 bits per heavy atom. The van der Waals surface area contributed by atoms with Gasteiger partial charge in [-0.3, -0.25) is 0 Å². The molecule has 0 radical (unpaired) electrons. The molecule has 0 unspecified atom stereocenters. The fourth-order valence-corrected chi connectivity index (χ4v) is 6.06. The normalized spacial score (nSPS) is 15.6. The highest BCUT2D eigenvalue weighted by Crippen LogP contribution is 2.45. The Balaban J connectivity index is 1.96. The first kappa shape index (κ1) is 15.9. The minimum Gasteiger partial charge on any atom is -0.375 e. The van der Waals surface area contributed by atoms with Gasteiger partial charge in [-0.25, -0.2) is 4.99 Å². The Labute approximate surface area is 153 Å². The van der Waals surface area contributed by atoms with E-state index in [9.17, 15) is 0 Å². The van der Waals surface area contributed by atoms with Gasteiger partial charge in [0, 0.05) is 21.8 Å². The van der Waals surface area contributed by atoms with Crippen LogP contribution in [0.1, 0.15) is 24.3 Å². The monoisotopic (exact) mass is 372 g/mol. The van der Waals surface area contributed by atoms with Crippen LogP contribution in [-0.4, -0.2) is 0 Å². The summed E-state index contributed by atoms with van der Waals surface area (Å²) in [6.45, 7) is 6.58. The van der Waals surface area contributed by atoms with Gasteiger partial charge in [0.15, 0.2) is 0 Å². The molecule has 2 nitrogen and oxygen atoms in total. The third kappa shape index (κ3) is 2.69. The van der Waals surface area contributed by atoms with E-state index in [0.29, 0.717) is 0 Å². The fourth-order valence-electron chi connectivity index (χ4n) is 3.00. The van der Waals surface area contributed by atoms with Gasteiger partial charge in [-0.15, -0.1) is 0 Å². The number of nitrogens with zero attached hydrogens (tertiary/aromatic N) is 1. The number of aryl methyl sites for hydroxylation is 1. The maximum Gasteiger partial charge on any atom is 0.135 e. The van der Waals surface area contributed by atoms with Crippen molar-refractivity contribution in [3.05, 3.63) is 62.6 Å². The van der Waals surface area contributed by atoms with Gasteiger partial charge >= 0.3 is 0 Å². The topological polar surface area (TPSA) is 24.4 Å². The van der Waals surface area contributed by atoms with Crippen molar-refractivity contribution < 1.29 is 0 Å². The molecule has 24 heavy (non-hydrogen) atoms. The van der Waals surface area contributed by atoms with Gasteiger partial charge in [0.2, 0.25) is 0 Å². The lowest BCUT2D eigenvalue weighted by atomic mass is 9.89. The number of hydrogen-bond acceptors (Lipinski definition) is 4. The van der Waals surface area contributed by atoms with E-state index in [4.69, 9.17) is 16.6 Å². The van der Waals surface area contributed by atoms with Crippen LogP contribution in [0.4, 0.5) is 11.4 Å². The van der Waals surface area contributed by atoms with E-state index in [0.717, 1.165) is 15.4 Å².